The normalized spacial score (nSPS) is 10.8. The molecule has 0 fully saturated rings. The summed E-state index contributed by atoms with van der Waals surface area (Å²) in [6.07, 6.45) is 2.53. The van der Waals surface area contributed by atoms with Crippen molar-refractivity contribution in [2.75, 3.05) is 5.73 Å². The van der Waals surface area contributed by atoms with Crippen molar-refractivity contribution in [2.45, 2.75) is 0 Å². The molecule has 0 saturated heterocycles. The molecule has 0 atom stereocenters. The zero-order valence-electron chi connectivity index (χ0n) is 10.2. The fraction of sp³-hybridized carbons (Fsp3) is 0. The smallest absolute Gasteiger partial charge is 0.257 e. The topological polar surface area (TPSA) is 95.4 Å². The molecule has 106 valence electrons. The van der Waals surface area contributed by atoms with E-state index in [-0.39, 0.29) is 23.3 Å². The van der Waals surface area contributed by atoms with Gasteiger partial charge in [-0.15, -0.1) is 0 Å². The highest BCUT2D eigenvalue weighted by molar-refractivity contribution is 5.57. The Morgan fingerprint density at radius 2 is 1.81 bits per heavy atom. The first-order chi connectivity index (χ1) is 10.1. The molecule has 0 spiro atoms. The number of hydrogen-bond donors (Lipinski definition) is 1. The molecule has 3 aromatic rings. The van der Waals surface area contributed by atoms with Gasteiger partial charge >= 0.3 is 0 Å². The van der Waals surface area contributed by atoms with Crippen LogP contribution in [-0.2, 0) is 0 Å². The van der Waals surface area contributed by atoms with Gasteiger partial charge in [0.2, 0.25) is 5.95 Å². The van der Waals surface area contributed by atoms with Gasteiger partial charge in [0.1, 0.15) is 12.7 Å². The Balaban J connectivity index is 2.18. The average Bonchev–Trinajstić information content (AvgIpc) is 2.98. The SMILES string of the molecule is Nc1nc(-c2ccc(F)c(F)c2F)nc(-n2cncn2)n1. The van der Waals surface area contributed by atoms with Gasteiger partial charge in [0.05, 0.1) is 5.56 Å². The highest BCUT2D eigenvalue weighted by Crippen LogP contribution is 2.23. The first-order valence-corrected chi connectivity index (χ1v) is 5.56. The quantitative estimate of drug-likeness (QED) is 0.711. The van der Waals surface area contributed by atoms with Gasteiger partial charge in [-0.1, -0.05) is 0 Å². The Kier molecular flexibility index (Phi) is 2.97. The number of halogens is 3. The number of anilines is 1. The van der Waals surface area contributed by atoms with E-state index in [1.54, 1.807) is 0 Å². The van der Waals surface area contributed by atoms with Gasteiger partial charge in [0, 0.05) is 0 Å². The van der Waals surface area contributed by atoms with E-state index in [1.807, 2.05) is 0 Å². The highest BCUT2D eigenvalue weighted by Gasteiger charge is 2.18. The largest absolute Gasteiger partial charge is 0.368 e. The second-order valence-electron chi connectivity index (χ2n) is 3.88. The van der Waals surface area contributed by atoms with E-state index >= 15 is 0 Å². The number of hydrogen-bond acceptors (Lipinski definition) is 6. The van der Waals surface area contributed by atoms with E-state index < -0.39 is 17.5 Å². The zero-order chi connectivity index (χ0) is 15.0. The lowest BCUT2D eigenvalue weighted by Gasteiger charge is -2.06. The predicted octanol–water partition coefficient (Wildman–Crippen LogP) is 1.12. The van der Waals surface area contributed by atoms with Crippen LogP contribution in [0.3, 0.4) is 0 Å². The molecule has 3 rings (SSSR count). The number of benzene rings is 1. The lowest BCUT2D eigenvalue weighted by Crippen LogP contribution is -2.09. The van der Waals surface area contributed by atoms with E-state index in [0.29, 0.717) is 0 Å². The molecule has 2 aromatic heterocycles. The Bertz CT molecular complexity index is 804. The van der Waals surface area contributed by atoms with Crippen molar-refractivity contribution in [3.05, 3.63) is 42.2 Å². The molecule has 0 aliphatic rings. The van der Waals surface area contributed by atoms with Crippen LogP contribution in [0.4, 0.5) is 19.1 Å². The fourth-order valence-corrected chi connectivity index (χ4v) is 1.61. The van der Waals surface area contributed by atoms with Gasteiger partial charge in [-0.05, 0) is 12.1 Å². The summed E-state index contributed by atoms with van der Waals surface area (Å²) in [5, 5.41) is 3.79. The molecule has 0 radical (unpaired) electrons. The Morgan fingerprint density at radius 1 is 1.00 bits per heavy atom. The number of rotatable bonds is 2. The summed E-state index contributed by atoms with van der Waals surface area (Å²) in [7, 11) is 0. The third-order valence-corrected chi connectivity index (χ3v) is 2.54. The minimum atomic E-state index is -1.62. The minimum absolute atomic E-state index is 0.0286. The molecule has 0 aliphatic heterocycles. The summed E-state index contributed by atoms with van der Waals surface area (Å²) >= 11 is 0. The van der Waals surface area contributed by atoms with Crippen molar-refractivity contribution in [3.63, 3.8) is 0 Å². The molecule has 1 aromatic carbocycles. The summed E-state index contributed by atoms with van der Waals surface area (Å²) in [6, 6.07) is 1.77. The van der Waals surface area contributed by atoms with Crippen molar-refractivity contribution < 1.29 is 13.2 Å². The van der Waals surface area contributed by atoms with Gasteiger partial charge in [-0.2, -0.15) is 24.7 Å². The predicted molar refractivity (Wildman–Crippen MR) is 64.5 cm³/mol. The van der Waals surface area contributed by atoms with Crippen molar-refractivity contribution in [2.24, 2.45) is 0 Å². The van der Waals surface area contributed by atoms with Gasteiger partial charge in [-0.25, -0.2) is 18.2 Å². The maximum atomic E-state index is 13.8. The van der Waals surface area contributed by atoms with Crippen LogP contribution in [0.15, 0.2) is 24.8 Å². The van der Waals surface area contributed by atoms with Crippen LogP contribution in [0, 0.1) is 17.5 Å². The van der Waals surface area contributed by atoms with E-state index in [4.69, 9.17) is 5.73 Å². The third kappa shape index (κ3) is 2.26. The van der Waals surface area contributed by atoms with Gasteiger partial charge < -0.3 is 5.73 Å². The van der Waals surface area contributed by atoms with Crippen molar-refractivity contribution in [1.29, 1.82) is 0 Å². The highest BCUT2D eigenvalue weighted by atomic mass is 19.2. The van der Waals surface area contributed by atoms with Gasteiger partial charge in [0.15, 0.2) is 23.3 Å². The lowest BCUT2D eigenvalue weighted by atomic mass is 10.2. The molecule has 0 saturated carbocycles. The minimum Gasteiger partial charge on any atom is -0.368 e. The van der Waals surface area contributed by atoms with Crippen LogP contribution >= 0.6 is 0 Å². The summed E-state index contributed by atoms with van der Waals surface area (Å²) < 4.78 is 41.1. The van der Waals surface area contributed by atoms with E-state index in [9.17, 15) is 13.2 Å². The molecule has 0 unspecified atom stereocenters. The summed E-state index contributed by atoms with van der Waals surface area (Å²) in [5.74, 6) is -4.84. The van der Waals surface area contributed by atoms with E-state index in [1.165, 1.54) is 17.3 Å². The van der Waals surface area contributed by atoms with Gasteiger partial charge in [-0.3, -0.25) is 0 Å². The molecule has 10 heteroatoms. The van der Waals surface area contributed by atoms with Crippen LogP contribution < -0.4 is 5.73 Å². The Hall–Kier alpha value is -3.04. The van der Waals surface area contributed by atoms with Crippen LogP contribution in [0.1, 0.15) is 0 Å². The summed E-state index contributed by atoms with van der Waals surface area (Å²) in [4.78, 5) is 15.1. The lowest BCUT2D eigenvalue weighted by molar-refractivity contribution is 0.448. The maximum absolute atomic E-state index is 13.8. The Morgan fingerprint density at radius 3 is 2.52 bits per heavy atom. The standard InChI is InChI=1S/C11H6F3N7/c12-6-2-1-5(7(13)8(6)14)9-18-10(15)20-11(19-9)21-4-16-3-17-21/h1-4H,(H2,15,18,19,20). The summed E-state index contributed by atoms with van der Waals surface area (Å²) in [5.41, 5.74) is 5.16. The number of nitrogen functional groups attached to an aromatic ring is 1. The monoisotopic (exact) mass is 293 g/mol. The molecule has 0 aliphatic carbocycles. The second kappa shape index (κ2) is 4.81. The molecule has 0 amide bonds. The number of nitrogens with zero attached hydrogens (tertiary/aromatic N) is 6. The average molecular weight is 293 g/mol. The van der Waals surface area contributed by atoms with Crippen LogP contribution in [0.2, 0.25) is 0 Å². The van der Waals surface area contributed by atoms with Crippen molar-refractivity contribution >= 4 is 5.95 Å². The number of nitrogens with two attached hydrogens (primary N) is 1. The van der Waals surface area contributed by atoms with Crippen LogP contribution in [0.5, 0.6) is 0 Å². The molecule has 0 bridgehead atoms. The third-order valence-electron chi connectivity index (χ3n) is 2.54. The second-order valence-corrected chi connectivity index (χ2v) is 3.88. The molecule has 21 heavy (non-hydrogen) atoms. The number of aromatic nitrogens is 6. The van der Waals surface area contributed by atoms with Crippen LogP contribution in [0.25, 0.3) is 17.3 Å². The first kappa shape index (κ1) is 13.0. The van der Waals surface area contributed by atoms with Gasteiger partial charge in [0.25, 0.3) is 5.95 Å². The molecule has 7 nitrogen and oxygen atoms in total. The van der Waals surface area contributed by atoms with Crippen molar-refractivity contribution in [1.82, 2.24) is 29.7 Å². The first-order valence-electron chi connectivity index (χ1n) is 5.56. The zero-order valence-corrected chi connectivity index (χ0v) is 10.2. The molecule has 2 N–H and O–H groups in total. The summed E-state index contributed by atoms with van der Waals surface area (Å²) in [6.45, 7) is 0. The Labute approximate surface area is 115 Å². The fourth-order valence-electron chi connectivity index (χ4n) is 1.61. The maximum Gasteiger partial charge on any atom is 0.257 e. The van der Waals surface area contributed by atoms with Crippen LogP contribution in [-0.4, -0.2) is 29.7 Å². The molecular weight excluding hydrogens is 287 g/mol. The molecular formula is C11H6F3N7. The van der Waals surface area contributed by atoms with E-state index in [0.717, 1.165) is 12.1 Å². The van der Waals surface area contributed by atoms with Crippen molar-refractivity contribution in [3.8, 4) is 17.3 Å². The molecule has 2 heterocycles. The van der Waals surface area contributed by atoms with E-state index in [2.05, 4.69) is 25.0 Å².